The lowest BCUT2D eigenvalue weighted by Crippen LogP contribution is -2.39. The Kier molecular flexibility index (Phi) is 2.89. The number of anilines is 1. The topological polar surface area (TPSA) is 42.1 Å². The molecule has 2 N–H and O–H groups in total. The Hall–Kier alpha value is -1.09. The summed E-state index contributed by atoms with van der Waals surface area (Å²) in [5.74, 6) is 1.07. The zero-order valence-corrected chi connectivity index (χ0v) is 10.4. The molecule has 2 rings (SSSR count). The highest BCUT2D eigenvalue weighted by molar-refractivity contribution is 5.51. The van der Waals surface area contributed by atoms with Crippen molar-refractivity contribution in [2.75, 3.05) is 11.4 Å². The Morgan fingerprint density at radius 1 is 1.50 bits per heavy atom. The van der Waals surface area contributed by atoms with E-state index in [1.807, 2.05) is 19.2 Å². The lowest BCUT2D eigenvalue weighted by molar-refractivity contribution is 0.512. The maximum atomic E-state index is 6.00. The first-order chi connectivity index (χ1) is 7.52. The fraction of sp³-hybridized carbons (Fsp3) is 0.615. The van der Waals surface area contributed by atoms with E-state index in [1.54, 1.807) is 0 Å². The van der Waals surface area contributed by atoms with Crippen LogP contribution in [-0.4, -0.2) is 17.1 Å². The molecule has 1 aliphatic rings. The fourth-order valence-electron chi connectivity index (χ4n) is 2.49. The van der Waals surface area contributed by atoms with Gasteiger partial charge < -0.3 is 10.6 Å². The van der Waals surface area contributed by atoms with Crippen LogP contribution in [0.2, 0.25) is 0 Å². The third-order valence-corrected chi connectivity index (χ3v) is 3.46. The molecule has 0 saturated carbocycles. The molecule has 1 unspecified atom stereocenters. The summed E-state index contributed by atoms with van der Waals surface area (Å²) in [6.07, 6.45) is 4.32. The number of hydrogen-bond acceptors (Lipinski definition) is 3. The van der Waals surface area contributed by atoms with Crippen molar-refractivity contribution in [2.45, 2.75) is 45.2 Å². The fourth-order valence-corrected chi connectivity index (χ4v) is 2.49. The second-order valence-corrected chi connectivity index (χ2v) is 5.27. The second-order valence-electron chi connectivity index (χ2n) is 5.27. The summed E-state index contributed by atoms with van der Waals surface area (Å²) < 4.78 is 0. The van der Waals surface area contributed by atoms with Gasteiger partial charge in [-0.3, -0.25) is 0 Å². The maximum absolute atomic E-state index is 6.00. The molecule has 0 radical (unpaired) electrons. The quantitative estimate of drug-likeness (QED) is 0.831. The zero-order chi connectivity index (χ0) is 11.8. The molecule has 0 bridgehead atoms. The minimum atomic E-state index is 0.0418. The summed E-state index contributed by atoms with van der Waals surface area (Å²) >= 11 is 0. The summed E-state index contributed by atoms with van der Waals surface area (Å²) in [6, 6.07) is 4.09. The molecule has 1 saturated heterocycles. The Morgan fingerprint density at radius 3 is 2.81 bits per heavy atom. The van der Waals surface area contributed by atoms with Crippen LogP contribution in [-0.2, 0) is 0 Å². The van der Waals surface area contributed by atoms with Crippen LogP contribution in [0.25, 0.3) is 0 Å². The molecule has 1 atom stereocenters. The summed E-state index contributed by atoms with van der Waals surface area (Å²) in [6.45, 7) is 7.66. The first-order valence-corrected chi connectivity index (χ1v) is 6.00. The van der Waals surface area contributed by atoms with Crippen molar-refractivity contribution in [1.29, 1.82) is 0 Å². The van der Waals surface area contributed by atoms with Gasteiger partial charge in [0.05, 0.1) is 0 Å². The summed E-state index contributed by atoms with van der Waals surface area (Å²) in [4.78, 5) is 6.92. The molecule has 1 aromatic rings. The molecule has 16 heavy (non-hydrogen) atoms. The van der Waals surface area contributed by atoms with E-state index < -0.39 is 0 Å². The van der Waals surface area contributed by atoms with Crippen molar-refractivity contribution in [3.05, 3.63) is 23.9 Å². The molecule has 1 aromatic heterocycles. The van der Waals surface area contributed by atoms with Gasteiger partial charge in [-0.2, -0.15) is 0 Å². The van der Waals surface area contributed by atoms with Gasteiger partial charge in [0, 0.05) is 29.9 Å². The van der Waals surface area contributed by atoms with E-state index >= 15 is 0 Å². The van der Waals surface area contributed by atoms with Gasteiger partial charge in [-0.25, -0.2) is 4.98 Å². The van der Waals surface area contributed by atoms with Crippen molar-refractivity contribution < 1.29 is 0 Å². The summed E-state index contributed by atoms with van der Waals surface area (Å²) in [5.41, 5.74) is 7.36. The minimum absolute atomic E-state index is 0.0418. The SMILES string of the molecule is CC(N)c1cccnc1N1CCCC1(C)C. The minimum Gasteiger partial charge on any atom is -0.351 e. The Morgan fingerprint density at radius 2 is 2.25 bits per heavy atom. The van der Waals surface area contributed by atoms with Gasteiger partial charge in [-0.05, 0) is 39.7 Å². The van der Waals surface area contributed by atoms with Crippen molar-refractivity contribution in [3.63, 3.8) is 0 Å². The van der Waals surface area contributed by atoms with E-state index in [4.69, 9.17) is 5.73 Å². The molecular weight excluding hydrogens is 198 g/mol. The van der Waals surface area contributed by atoms with Gasteiger partial charge in [0.25, 0.3) is 0 Å². The van der Waals surface area contributed by atoms with Gasteiger partial charge in [0.15, 0.2) is 0 Å². The van der Waals surface area contributed by atoms with E-state index in [0.29, 0.717) is 0 Å². The average molecular weight is 219 g/mol. The number of rotatable bonds is 2. The molecule has 1 fully saturated rings. The van der Waals surface area contributed by atoms with Crippen LogP contribution >= 0.6 is 0 Å². The highest BCUT2D eigenvalue weighted by Crippen LogP contribution is 2.35. The van der Waals surface area contributed by atoms with Crippen LogP contribution in [0.3, 0.4) is 0 Å². The average Bonchev–Trinajstić information content (AvgIpc) is 2.58. The summed E-state index contributed by atoms with van der Waals surface area (Å²) in [5, 5.41) is 0. The van der Waals surface area contributed by atoms with E-state index in [9.17, 15) is 0 Å². The molecule has 1 aliphatic heterocycles. The standard InChI is InChI=1S/C13H21N3/c1-10(14)11-6-4-8-15-12(11)16-9-5-7-13(16,2)3/h4,6,8,10H,5,7,9,14H2,1-3H3. The predicted molar refractivity (Wildman–Crippen MR) is 67.5 cm³/mol. The zero-order valence-electron chi connectivity index (χ0n) is 10.4. The van der Waals surface area contributed by atoms with Crippen molar-refractivity contribution in [1.82, 2.24) is 4.98 Å². The maximum Gasteiger partial charge on any atom is 0.133 e. The van der Waals surface area contributed by atoms with Crippen molar-refractivity contribution in [2.24, 2.45) is 5.73 Å². The first kappa shape index (κ1) is 11.4. The molecule has 0 aromatic carbocycles. The first-order valence-electron chi connectivity index (χ1n) is 6.00. The van der Waals surface area contributed by atoms with E-state index in [2.05, 4.69) is 29.8 Å². The molecule has 3 nitrogen and oxygen atoms in total. The highest BCUT2D eigenvalue weighted by atomic mass is 15.3. The Labute approximate surface area is 97.7 Å². The van der Waals surface area contributed by atoms with Crippen molar-refractivity contribution in [3.8, 4) is 0 Å². The van der Waals surface area contributed by atoms with Crippen LogP contribution in [0, 0.1) is 0 Å². The monoisotopic (exact) mass is 219 g/mol. The molecule has 2 heterocycles. The van der Waals surface area contributed by atoms with Crippen LogP contribution in [0.5, 0.6) is 0 Å². The van der Waals surface area contributed by atoms with Crippen molar-refractivity contribution >= 4 is 5.82 Å². The number of hydrogen-bond donors (Lipinski definition) is 1. The lowest BCUT2D eigenvalue weighted by atomic mass is 10.0. The van der Waals surface area contributed by atoms with Crippen LogP contribution in [0.15, 0.2) is 18.3 Å². The molecule has 0 spiro atoms. The van der Waals surface area contributed by atoms with Crippen LogP contribution in [0.4, 0.5) is 5.82 Å². The van der Waals surface area contributed by atoms with Gasteiger partial charge in [-0.1, -0.05) is 6.07 Å². The molecule has 88 valence electrons. The van der Waals surface area contributed by atoms with Gasteiger partial charge >= 0.3 is 0 Å². The van der Waals surface area contributed by atoms with Gasteiger partial charge in [0.2, 0.25) is 0 Å². The van der Waals surface area contributed by atoms with E-state index in [1.165, 1.54) is 12.8 Å². The lowest BCUT2D eigenvalue weighted by Gasteiger charge is -2.34. The van der Waals surface area contributed by atoms with E-state index in [0.717, 1.165) is 17.9 Å². The van der Waals surface area contributed by atoms with Crippen LogP contribution < -0.4 is 10.6 Å². The third kappa shape index (κ3) is 1.92. The Bertz CT molecular complexity index is 371. The third-order valence-electron chi connectivity index (χ3n) is 3.46. The number of aromatic nitrogens is 1. The Balaban J connectivity index is 2.40. The number of pyridine rings is 1. The number of nitrogens with zero attached hydrogens (tertiary/aromatic N) is 2. The van der Waals surface area contributed by atoms with Crippen LogP contribution in [0.1, 0.15) is 45.2 Å². The van der Waals surface area contributed by atoms with Gasteiger partial charge in [0.1, 0.15) is 5.82 Å². The summed E-state index contributed by atoms with van der Waals surface area (Å²) in [7, 11) is 0. The molecule has 0 amide bonds. The van der Waals surface area contributed by atoms with Gasteiger partial charge in [-0.15, -0.1) is 0 Å². The largest absolute Gasteiger partial charge is 0.351 e. The predicted octanol–water partition coefficient (Wildman–Crippen LogP) is 2.48. The molecular formula is C13H21N3. The van der Waals surface area contributed by atoms with E-state index in [-0.39, 0.29) is 11.6 Å². The molecule has 0 aliphatic carbocycles. The highest BCUT2D eigenvalue weighted by Gasteiger charge is 2.34. The molecule has 3 heteroatoms. The second kappa shape index (κ2) is 4.06. The normalized spacial score (nSPS) is 21.1. The smallest absolute Gasteiger partial charge is 0.133 e. The number of nitrogens with two attached hydrogens (primary N) is 1.